The van der Waals surface area contributed by atoms with Crippen molar-refractivity contribution in [2.45, 2.75) is 25.9 Å². The molecule has 3 rings (SSSR count). The number of hydrogen-bond donors (Lipinski definition) is 2. The Labute approximate surface area is 109 Å². The first-order chi connectivity index (χ1) is 9.16. The van der Waals surface area contributed by atoms with Gasteiger partial charge in [-0.05, 0) is 30.2 Å². The molecule has 1 aromatic carbocycles. The van der Waals surface area contributed by atoms with Gasteiger partial charge in [0.15, 0.2) is 0 Å². The number of carboxylic acids is 1. The van der Waals surface area contributed by atoms with Gasteiger partial charge in [0.05, 0.1) is 0 Å². The minimum Gasteiger partial charge on any atom is -0.481 e. The highest BCUT2D eigenvalue weighted by molar-refractivity contribution is 5.86. The van der Waals surface area contributed by atoms with E-state index in [9.17, 15) is 9.18 Å². The lowest BCUT2D eigenvalue weighted by molar-refractivity contribution is -0.136. The highest BCUT2D eigenvalue weighted by atomic mass is 19.1. The number of nitrogens with zero attached hydrogens (tertiary/aromatic N) is 1. The lowest BCUT2D eigenvalue weighted by atomic mass is 10.0. The average Bonchev–Trinajstić information content (AvgIpc) is 2.69. The quantitative estimate of drug-likeness (QED) is 0.888. The number of carboxylic acid groups (broad SMARTS) is 1. The molecular formula is C14H15FN2O2. The van der Waals surface area contributed by atoms with Gasteiger partial charge >= 0.3 is 5.97 Å². The molecule has 1 aromatic heterocycles. The molecule has 0 radical (unpaired) electrons. The zero-order valence-corrected chi connectivity index (χ0v) is 10.4. The fourth-order valence-corrected chi connectivity index (χ4v) is 2.82. The summed E-state index contributed by atoms with van der Waals surface area (Å²) in [5, 5.41) is 13.0. The Kier molecular flexibility index (Phi) is 2.98. The van der Waals surface area contributed by atoms with Gasteiger partial charge in [-0.2, -0.15) is 0 Å². The predicted octanol–water partition coefficient (Wildman–Crippen LogP) is 1.90. The standard InChI is InChI=1S/C14H15FN2O2/c15-9-1-3-12-11(7-9)10(2-4-14(18)19)13-8-16-5-6-17(12)13/h1,3,7,16H,2,4-6,8H2,(H,18,19). The molecule has 1 aliphatic heterocycles. The Bertz CT molecular complexity index is 648. The van der Waals surface area contributed by atoms with E-state index < -0.39 is 5.97 Å². The summed E-state index contributed by atoms with van der Waals surface area (Å²) in [5.74, 6) is -1.10. The zero-order chi connectivity index (χ0) is 13.4. The Balaban J connectivity index is 2.16. The molecule has 0 saturated carbocycles. The largest absolute Gasteiger partial charge is 0.481 e. The average molecular weight is 262 g/mol. The van der Waals surface area contributed by atoms with Crippen LogP contribution in [-0.4, -0.2) is 22.2 Å². The van der Waals surface area contributed by atoms with Gasteiger partial charge in [-0.15, -0.1) is 0 Å². The number of aryl methyl sites for hydroxylation is 1. The number of rotatable bonds is 3. The number of fused-ring (bicyclic) bond motifs is 3. The highest BCUT2D eigenvalue weighted by Gasteiger charge is 2.20. The number of halogens is 1. The molecule has 0 spiro atoms. The monoisotopic (exact) mass is 262 g/mol. The third kappa shape index (κ3) is 2.10. The summed E-state index contributed by atoms with van der Waals surface area (Å²) in [6.07, 6.45) is 0.516. The molecule has 2 N–H and O–H groups in total. The molecule has 2 heterocycles. The van der Waals surface area contributed by atoms with Crippen LogP contribution in [-0.2, 0) is 24.3 Å². The summed E-state index contributed by atoms with van der Waals surface area (Å²) in [6, 6.07) is 4.75. The van der Waals surface area contributed by atoms with E-state index in [2.05, 4.69) is 9.88 Å². The third-order valence-electron chi connectivity index (χ3n) is 3.64. The van der Waals surface area contributed by atoms with Gasteiger partial charge in [-0.3, -0.25) is 4.79 Å². The molecule has 19 heavy (non-hydrogen) atoms. The van der Waals surface area contributed by atoms with Crippen molar-refractivity contribution in [3.8, 4) is 0 Å². The van der Waals surface area contributed by atoms with Crippen molar-refractivity contribution >= 4 is 16.9 Å². The van der Waals surface area contributed by atoms with Gasteiger partial charge in [0, 0.05) is 42.7 Å². The summed E-state index contributed by atoms with van der Waals surface area (Å²) >= 11 is 0. The number of aliphatic carboxylic acids is 1. The molecule has 0 fully saturated rings. The molecule has 0 bridgehead atoms. The molecule has 0 aliphatic carbocycles. The van der Waals surface area contributed by atoms with Crippen LogP contribution in [0.5, 0.6) is 0 Å². The molecule has 100 valence electrons. The third-order valence-corrected chi connectivity index (χ3v) is 3.64. The maximum atomic E-state index is 13.4. The lowest BCUT2D eigenvalue weighted by Gasteiger charge is -2.18. The second-order valence-corrected chi connectivity index (χ2v) is 4.81. The fraction of sp³-hybridized carbons (Fsp3) is 0.357. The zero-order valence-electron chi connectivity index (χ0n) is 10.4. The Morgan fingerprint density at radius 2 is 2.32 bits per heavy atom. The Hall–Kier alpha value is -1.88. The predicted molar refractivity (Wildman–Crippen MR) is 69.6 cm³/mol. The van der Waals surface area contributed by atoms with Gasteiger partial charge in [-0.1, -0.05) is 0 Å². The van der Waals surface area contributed by atoms with Crippen molar-refractivity contribution in [1.29, 1.82) is 0 Å². The number of benzene rings is 1. The van der Waals surface area contributed by atoms with E-state index in [0.717, 1.165) is 35.2 Å². The molecule has 0 unspecified atom stereocenters. The van der Waals surface area contributed by atoms with Gasteiger partial charge in [0.25, 0.3) is 0 Å². The molecule has 0 atom stereocenters. The Morgan fingerprint density at radius 1 is 1.47 bits per heavy atom. The molecule has 1 aliphatic rings. The first-order valence-electron chi connectivity index (χ1n) is 6.39. The maximum Gasteiger partial charge on any atom is 0.303 e. The summed E-state index contributed by atoms with van der Waals surface area (Å²) in [4.78, 5) is 10.8. The van der Waals surface area contributed by atoms with Crippen LogP contribution in [0, 0.1) is 5.82 Å². The fourth-order valence-electron chi connectivity index (χ4n) is 2.82. The van der Waals surface area contributed by atoms with Crippen molar-refractivity contribution in [3.05, 3.63) is 35.3 Å². The van der Waals surface area contributed by atoms with Crippen molar-refractivity contribution in [2.75, 3.05) is 6.54 Å². The highest BCUT2D eigenvalue weighted by Crippen LogP contribution is 2.29. The second kappa shape index (κ2) is 4.66. The molecule has 2 aromatic rings. The minimum atomic E-state index is -0.826. The first kappa shape index (κ1) is 12.2. The van der Waals surface area contributed by atoms with Gasteiger partial charge in [-0.25, -0.2) is 4.39 Å². The second-order valence-electron chi connectivity index (χ2n) is 4.81. The van der Waals surface area contributed by atoms with Gasteiger partial charge < -0.3 is 15.0 Å². The SMILES string of the molecule is O=C(O)CCc1c2n(c3ccc(F)cc13)CCNC2. The van der Waals surface area contributed by atoms with Crippen LogP contribution < -0.4 is 5.32 Å². The van der Waals surface area contributed by atoms with Crippen molar-refractivity contribution < 1.29 is 14.3 Å². The maximum absolute atomic E-state index is 13.4. The van der Waals surface area contributed by atoms with Crippen LogP contribution in [0.3, 0.4) is 0 Å². The number of nitrogens with one attached hydrogen (secondary N) is 1. The topological polar surface area (TPSA) is 54.3 Å². The summed E-state index contributed by atoms with van der Waals surface area (Å²) in [7, 11) is 0. The van der Waals surface area contributed by atoms with Crippen molar-refractivity contribution in [2.24, 2.45) is 0 Å². The van der Waals surface area contributed by atoms with Crippen LogP contribution in [0.25, 0.3) is 10.9 Å². The van der Waals surface area contributed by atoms with Gasteiger partial charge in [0.2, 0.25) is 0 Å². The molecule has 0 saturated heterocycles. The van der Waals surface area contributed by atoms with E-state index in [0.29, 0.717) is 13.0 Å². The van der Waals surface area contributed by atoms with E-state index >= 15 is 0 Å². The summed E-state index contributed by atoms with van der Waals surface area (Å²) < 4.78 is 15.6. The summed E-state index contributed by atoms with van der Waals surface area (Å²) in [6.45, 7) is 2.43. The smallest absolute Gasteiger partial charge is 0.303 e. The van der Waals surface area contributed by atoms with Crippen LogP contribution in [0.2, 0.25) is 0 Å². The van der Waals surface area contributed by atoms with Crippen molar-refractivity contribution in [3.63, 3.8) is 0 Å². The van der Waals surface area contributed by atoms with Crippen LogP contribution >= 0.6 is 0 Å². The van der Waals surface area contributed by atoms with E-state index in [1.165, 1.54) is 12.1 Å². The van der Waals surface area contributed by atoms with Gasteiger partial charge in [0.1, 0.15) is 5.82 Å². The summed E-state index contributed by atoms with van der Waals surface area (Å²) in [5.41, 5.74) is 3.05. The van der Waals surface area contributed by atoms with Crippen LogP contribution in [0.1, 0.15) is 17.7 Å². The van der Waals surface area contributed by atoms with E-state index in [1.807, 2.05) is 0 Å². The van der Waals surface area contributed by atoms with E-state index in [-0.39, 0.29) is 12.2 Å². The van der Waals surface area contributed by atoms with Crippen molar-refractivity contribution in [1.82, 2.24) is 9.88 Å². The molecule has 0 amide bonds. The molecule has 4 nitrogen and oxygen atoms in total. The number of aromatic nitrogens is 1. The Morgan fingerprint density at radius 3 is 3.11 bits per heavy atom. The van der Waals surface area contributed by atoms with Crippen LogP contribution in [0.15, 0.2) is 18.2 Å². The van der Waals surface area contributed by atoms with Crippen LogP contribution in [0.4, 0.5) is 4.39 Å². The first-order valence-corrected chi connectivity index (χ1v) is 6.39. The minimum absolute atomic E-state index is 0.0721. The van der Waals surface area contributed by atoms with E-state index in [4.69, 9.17) is 5.11 Å². The normalized spacial score (nSPS) is 14.6. The lowest BCUT2D eigenvalue weighted by Crippen LogP contribution is -2.28. The van der Waals surface area contributed by atoms with E-state index in [1.54, 1.807) is 6.07 Å². The molecule has 5 heteroatoms. The molecular weight excluding hydrogens is 247 g/mol. The number of carbonyl (C=O) groups is 1. The number of hydrogen-bond acceptors (Lipinski definition) is 2.